The van der Waals surface area contributed by atoms with Gasteiger partial charge in [-0.25, -0.2) is 25.2 Å². The van der Waals surface area contributed by atoms with Gasteiger partial charge in [-0.2, -0.15) is 47.2 Å². The molecule has 36 heteroatoms. The van der Waals surface area contributed by atoms with Crippen LogP contribution in [0.4, 0.5) is 45.5 Å². The van der Waals surface area contributed by atoms with E-state index in [0.29, 0.717) is 30.3 Å². The van der Waals surface area contributed by atoms with Crippen LogP contribution in [-0.4, -0.2) is 106 Å². The van der Waals surface area contributed by atoms with Crippen LogP contribution in [0.5, 0.6) is 0 Å². The second-order valence-electron chi connectivity index (χ2n) is 12.0. The van der Waals surface area contributed by atoms with E-state index in [0.717, 1.165) is 36.4 Å². The normalized spacial score (nSPS) is 13.6. The Labute approximate surface area is 362 Å². The lowest BCUT2D eigenvalue weighted by molar-refractivity contribution is 0.282. The fraction of sp³-hybridized carbons (Fsp3) is 0.143. The van der Waals surface area contributed by atoms with Gasteiger partial charge in [0.15, 0.2) is 19.7 Å². The maximum atomic E-state index is 12.7. The topological polar surface area (TPSA) is 485 Å². The van der Waals surface area contributed by atoms with E-state index >= 15 is 0 Å². The molecule has 4 aromatic rings. The highest BCUT2D eigenvalue weighted by Crippen LogP contribution is 2.46. The fourth-order valence-electron chi connectivity index (χ4n) is 4.65. The number of rotatable bonds is 19. The van der Waals surface area contributed by atoms with Crippen molar-refractivity contribution in [3.8, 4) is 0 Å². The Balaban J connectivity index is 1.87. The van der Waals surface area contributed by atoms with Crippen LogP contribution in [0.15, 0.2) is 122 Å². The molecule has 348 valence electrons. The van der Waals surface area contributed by atoms with Gasteiger partial charge in [0.2, 0.25) is 0 Å². The Kier molecular flexibility index (Phi) is 15.2. The third kappa shape index (κ3) is 14.1. The van der Waals surface area contributed by atoms with Crippen LogP contribution in [0.25, 0.3) is 0 Å². The molecule has 9 N–H and O–H groups in total. The van der Waals surface area contributed by atoms with E-state index in [4.69, 9.17) is 20.6 Å². The van der Waals surface area contributed by atoms with Gasteiger partial charge in [-0.05, 0) is 66.7 Å². The molecule has 64 heavy (non-hydrogen) atoms. The molecule has 4 aromatic carbocycles. The van der Waals surface area contributed by atoms with Crippen LogP contribution in [0, 0.1) is 0 Å². The zero-order chi connectivity index (χ0) is 48.3. The zero-order valence-electron chi connectivity index (χ0n) is 31.1. The second kappa shape index (κ2) is 19.0. The number of hydrogen-bond donors (Lipinski definition) is 7. The molecule has 0 bridgehead atoms. The summed E-state index contributed by atoms with van der Waals surface area (Å²) in [5, 5.41) is 22.6. The van der Waals surface area contributed by atoms with Crippen LogP contribution in [0.3, 0.4) is 0 Å². The van der Waals surface area contributed by atoms with Gasteiger partial charge in [0.25, 0.3) is 30.4 Å². The molecule has 0 aliphatic heterocycles. The Bertz CT molecular complexity index is 3400. The van der Waals surface area contributed by atoms with Crippen molar-refractivity contribution in [2.75, 3.05) is 36.2 Å². The van der Waals surface area contributed by atoms with Crippen LogP contribution >= 0.6 is 0 Å². The monoisotopic (exact) mass is 1040 g/mol. The molecule has 0 heterocycles. The van der Waals surface area contributed by atoms with Gasteiger partial charge in [-0.1, -0.05) is 0 Å². The van der Waals surface area contributed by atoms with E-state index in [1.807, 2.05) is 0 Å². The second-order valence-corrected chi connectivity index (χ2v) is 22.6. The fourth-order valence-corrected chi connectivity index (χ4v) is 9.48. The summed E-state index contributed by atoms with van der Waals surface area (Å²) in [5.74, 6) is -1.99. The van der Waals surface area contributed by atoms with Gasteiger partial charge in [-0.15, -0.1) is 25.6 Å². The Hall–Kier alpha value is -5.35. The minimum atomic E-state index is -5.36. The lowest BCUT2D eigenvalue weighted by Gasteiger charge is -2.10. The van der Waals surface area contributed by atoms with Crippen molar-refractivity contribution in [1.29, 1.82) is 0 Å². The zero-order valence-corrected chi connectivity index (χ0v) is 36.9. The SMILES string of the molecule is Nc1c(N=Nc2ccc(S(=O)(=O)CCOS(=O)(=O)O)cc2)cc(N=Nc2cc(S(=O)(=O)O)ccc2S(=O)(=O)O)c(N)c1N=Nc1ccc(S(=O)(=O)CCOS(=O)(=O)O)cc1S(=O)(=O)O. The molecule has 0 amide bonds. The Morgan fingerprint density at radius 3 is 1.34 bits per heavy atom. The number of hydrogen-bond acceptors (Lipinski definition) is 24. The van der Waals surface area contributed by atoms with Gasteiger partial charge in [0.1, 0.15) is 38.2 Å². The van der Waals surface area contributed by atoms with Crippen LogP contribution in [-0.2, 0) is 79.2 Å². The van der Waals surface area contributed by atoms with Crippen LogP contribution in [0.1, 0.15) is 0 Å². The number of sulfone groups is 2. The molecule has 0 spiro atoms. The van der Waals surface area contributed by atoms with Gasteiger partial charge >= 0.3 is 20.8 Å². The summed E-state index contributed by atoms with van der Waals surface area (Å²) < 4.78 is 221. The molecule has 0 atom stereocenters. The first-order valence-electron chi connectivity index (χ1n) is 16.1. The standard InChI is InChI=1S/C28H28N8O21S7/c29-26-22(34-31-16-1-3-17(4-2-16)58(37,38)11-9-56-63(50,51)52)15-23(35-33-21-13-19(60(41,42)43)6-8-24(21)61(44,45)46)27(30)28(26)36-32-20-7-5-18(14-25(20)62(47,48)49)59(39,40)12-10-57-64(53,54)55/h1-8,13-15H,9-12,29-30H2,(H,41,42,43)(H,44,45,46)(H,47,48,49)(H,50,51,52)(H,53,54,55). The third-order valence-corrected chi connectivity index (χ3v) is 14.5. The van der Waals surface area contributed by atoms with Gasteiger partial charge in [-0.3, -0.25) is 22.8 Å². The molecule has 0 saturated heterocycles. The molecule has 0 radical (unpaired) electrons. The number of nitrogen functional groups attached to an aromatic ring is 2. The minimum absolute atomic E-state index is 0.0899. The quantitative estimate of drug-likeness (QED) is 0.0403. The maximum Gasteiger partial charge on any atom is 0.397 e. The van der Waals surface area contributed by atoms with Crippen molar-refractivity contribution in [1.82, 2.24) is 0 Å². The highest BCUT2D eigenvalue weighted by molar-refractivity contribution is 7.92. The summed E-state index contributed by atoms with van der Waals surface area (Å²) in [7, 11) is -34.2. The van der Waals surface area contributed by atoms with Crippen LogP contribution < -0.4 is 11.5 Å². The van der Waals surface area contributed by atoms with E-state index in [-0.39, 0.29) is 10.6 Å². The largest absolute Gasteiger partial charge is 0.397 e. The summed E-state index contributed by atoms with van der Waals surface area (Å²) in [6.07, 6.45) is 0. The van der Waals surface area contributed by atoms with Crippen molar-refractivity contribution in [3.63, 3.8) is 0 Å². The number of azo groups is 3. The van der Waals surface area contributed by atoms with Gasteiger partial charge in [0.05, 0.1) is 56.5 Å². The average molecular weight is 1040 g/mol. The van der Waals surface area contributed by atoms with Gasteiger partial charge in [0, 0.05) is 0 Å². The van der Waals surface area contributed by atoms with E-state index in [9.17, 15) is 72.6 Å². The Morgan fingerprint density at radius 2 is 0.859 bits per heavy atom. The van der Waals surface area contributed by atoms with Crippen molar-refractivity contribution in [3.05, 3.63) is 66.7 Å². The molecular weight excluding hydrogens is 1010 g/mol. The molecule has 0 saturated carbocycles. The van der Waals surface area contributed by atoms with Crippen molar-refractivity contribution in [2.45, 2.75) is 24.5 Å². The summed E-state index contributed by atoms with van der Waals surface area (Å²) in [4.78, 5) is -4.31. The smallest absolute Gasteiger partial charge is 0.395 e. The lowest BCUT2D eigenvalue weighted by Crippen LogP contribution is -2.16. The number of anilines is 2. The third-order valence-electron chi connectivity index (χ3n) is 7.57. The van der Waals surface area contributed by atoms with Crippen LogP contribution in [0.2, 0.25) is 0 Å². The molecule has 0 aromatic heterocycles. The molecule has 0 fully saturated rings. The summed E-state index contributed by atoms with van der Waals surface area (Å²) in [6, 6.07) is 8.69. The highest BCUT2D eigenvalue weighted by atomic mass is 32.3. The predicted molar refractivity (Wildman–Crippen MR) is 216 cm³/mol. The number of nitrogens with two attached hydrogens (primary N) is 2. The summed E-state index contributed by atoms with van der Waals surface area (Å²) in [6.45, 7) is -2.03. The van der Waals surface area contributed by atoms with E-state index in [1.165, 1.54) is 0 Å². The lowest BCUT2D eigenvalue weighted by atomic mass is 10.2. The average Bonchev–Trinajstić information content (AvgIpc) is 3.15. The van der Waals surface area contributed by atoms with E-state index in [2.05, 4.69) is 39.1 Å². The first kappa shape index (κ1) is 51.3. The van der Waals surface area contributed by atoms with Crippen molar-refractivity contribution >= 4 is 116 Å². The van der Waals surface area contributed by atoms with Crippen molar-refractivity contribution in [2.24, 2.45) is 30.7 Å². The summed E-state index contributed by atoms with van der Waals surface area (Å²) >= 11 is 0. The van der Waals surface area contributed by atoms with E-state index < -0.39 is 155 Å². The van der Waals surface area contributed by atoms with Crippen molar-refractivity contribution < 1.29 is 90.1 Å². The first-order chi connectivity index (χ1) is 29.2. The highest BCUT2D eigenvalue weighted by Gasteiger charge is 2.25. The molecule has 4 rings (SSSR count). The Morgan fingerprint density at radius 1 is 0.422 bits per heavy atom. The minimum Gasteiger partial charge on any atom is -0.395 e. The summed E-state index contributed by atoms with van der Waals surface area (Å²) in [5.41, 5.74) is 7.79. The molecular formula is C28H28N8O21S7. The molecule has 0 unspecified atom stereocenters. The number of nitrogens with zero attached hydrogens (tertiary/aromatic N) is 6. The van der Waals surface area contributed by atoms with E-state index in [1.54, 1.807) is 0 Å². The molecule has 29 nitrogen and oxygen atoms in total. The first-order valence-corrected chi connectivity index (χ1v) is 26.5. The maximum absolute atomic E-state index is 12.7. The molecule has 0 aliphatic rings. The number of benzene rings is 4. The predicted octanol–water partition coefficient (Wildman–Crippen LogP) is 3.02. The molecule has 0 aliphatic carbocycles. The van der Waals surface area contributed by atoms with Gasteiger partial charge < -0.3 is 11.5 Å².